The summed E-state index contributed by atoms with van der Waals surface area (Å²) in [6.45, 7) is 3.52. The molecule has 1 fully saturated rings. The molecule has 3 rings (SSSR count). The highest BCUT2D eigenvalue weighted by molar-refractivity contribution is 6.01. The normalized spacial score (nSPS) is 18.8. The molecule has 0 bridgehead atoms. The summed E-state index contributed by atoms with van der Waals surface area (Å²) in [5.41, 5.74) is 1.78. The number of aromatic nitrogens is 2. The molecule has 20 heavy (non-hydrogen) atoms. The number of fused-ring (bicyclic) bond motifs is 1. The smallest absolute Gasteiger partial charge is 0.337 e. The quantitative estimate of drug-likeness (QED) is 0.930. The fourth-order valence-corrected chi connectivity index (χ4v) is 2.86. The third-order valence-electron chi connectivity index (χ3n) is 3.80. The lowest BCUT2D eigenvalue weighted by molar-refractivity contribution is 0.0697. The van der Waals surface area contributed by atoms with Gasteiger partial charge in [0.15, 0.2) is 0 Å². The summed E-state index contributed by atoms with van der Waals surface area (Å²) in [6.07, 6.45) is 3.04. The number of hydrogen-bond donors (Lipinski definition) is 1. The van der Waals surface area contributed by atoms with E-state index in [-0.39, 0.29) is 6.10 Å². The Labute approximate surface area is 117 Å². The van der Waals surface area contributed by atoms with Gasteiger partial charge in [-0.25, -0.2) is 9.78 Å². The molecule has 0 amide bonds. The first kappa shape index (κ1) is 13.1. The Balaban J connectivity index is 2.13. The van der Waals surface area contributed by atoms with Crippen LogP contribution in [0.4, 0.5) is 0 Å². The molecule has 1 aromatic carbocycles. The van der Waals surface area contributed by atoms with Gasteiger partial charge in [-0.05, 0) is 25.0 Å². The average Bonchev–Trinajstić information content (AvgIpc) is 3.06. The standard InChI is InChI=1S/C15H18N2O3/c1-2-13-16-12-7-3-6-11(15(18)19)14(12)17(13)9-10-5-4-8-20-10/h3,6-7,10H,2,4-5,8-9H2,1H3,(H,18,19). The van der Waals surface area contributed by atoms with E-state index in [1.807, 2.05) is 17.6 Å². The van der Waals surface area contributed by atoms with E-state index in [1.54, 1.807) is 12.1 Å². The van der Waals surface area contributed by atoms with Crippen molar-refractivity contribution in [2.24, 2.45) is 0 Å². The number of benzene rings is 1. The number of aromatic carboxylic acids is 1. The van der Waals surface area contributed by atoms with E-state index in [0.717, 1.165) is 37.2 Å². The number of carboxylic acids is 1. The van der Waals surface area contributed by atoms with Gasteiger partial charge < -0.3 is 14.4 Å². The molecular formula is C15H18N2O3. The van der Waals surface area contributed by atoms with Gasteiger partial charge in [0.05, 0.1) is 29.2 Å². The zero-order chi connectivity index (χ0) is 14.1. The lowest BCUT2D eigenvalue weighted by Gasteiger charge is -2.14. The Morgan fingerprint density at radius 3 is 3.05 bits per heavy atom. The van der Waals surface area contributed by atoms with E-state index in [2.05, 4.69) is 4.98 Å². The number of ether oxygens (including phenoxy) is 1. The molecule has 0 spiro atoms. The Morgan fingerprint density at radius 1 is 1.55 bits per heavy atom. The molecular weight excluding hydrogens is 256 g/mol. The zero-order valence-corrected chi connectivity index (χ0v) is 11.5. The Bertz CT molecular complexity index is 642. The second-order valence-electron chi connectivity index (χ2n) is 5.11. The molecule has 106 valence electrons. The molecule has 0 saturated carbocycles. The molecule has 1 aliphatic rings. The lowest BCUT2D eigenvalue weighted by Crippen LogP contribution is -2.17. The van der Waals surface area contributed by atoms with E-state index in [4.69, 9.17) is 4.74 Å². The van der Waals surface area contributed by atoms with Crippen molar-refractivity contribution >= 4 is 17.0 Å². The molecule has 0 aliphatic carbocycles. The number of aryl methyl sites for hydroxylation is 1. The van der Waals surface area contributed by atoms with Gasteiger partial charge in [-0.2, -0.15) is 0 Å². The first-order chi connectivity index (χ1) is 9.70. The Hall–Kier alpha value is -1.88. The van der Waals surface area contributed by atoms with Crippen LogP contribution in [0.1, 0.15) is 35.9 Å². The lowest BCUT2D eigenvalue weighted by atomic mass is 10.1. The molecule has 1 unspecified atom stereocenters. The summed E-state index contributed by atoms with van der Waals surface area (Å²) in [5.74, 6) is 0.0101. The monoisotopic (exact) mass is 274 g/mol. The minimum Gasteiger partial charge on any atom is -0.478 e. The first-order valence-electron chi connectivity index (χ1n) is 7.03. The molecule has 2 heterocycles. The fourth-order valence-electron chi connectivity index (χ4n) is 2.86. The van der Waals surface area contributed by atoms with Gasteiger partial charge in [0.1, 0.15) is 5.82 Å². The van der Waals surface area contributed by atoms with Crippen LogP contribution >= 0.6 is 0 Å². The van der Waals surface area contributed by atoms with Crippen molar-refractivity contribution in [2.75, 3.05) is 6.61 Å². The molecule has 5 heteroatoms. The van der Waals surface area contributed by atoms with Crippen molar-refractivity contribution in [2.45, 2.75) is 38.8 Å². The summed E-state index contributed by atoms with van der Waals surface area (Å²) >= 11 is 0. The predicted octanol–water partition coefficient (Wildman–Crippen LogP) is 2.48. The van der Waals surface area contributed by atoms with Crippen LogP contribution in [0.2, 0.25) is 0 Å². The van der Waals surface area contributed by atoms with E-state index < -0.39 is 5.97 Å². The maximum Gasteiger partial charge on any atom is 0.337 e. The summed E-state index contributed by atoms with van der Waals surface area (Å²) in [5, 5.41) is 9.38. The number of para-hydroxylation sites is 1. The summed E-state index contributed by atoms with van der Waals surface area (Å²) < 4.78 is 7.70. The van der Waals surface area contributed by atoms with Gasteiger partial charge in [0.2, 0.25) is 0 Å². The van der Waals surface area contributed by atoms with Crippen molar-refractivity contribution in [3.63, 3.8) is 0 Å². The third kappa shape index (κ3) is 2.18. The van der Waals surface area contributed by atoms with Crippen LogP contribution in [0.25, 0.3) is 11.0 Å². The molecule has 1 saturated heterocycles. The third-order valence-corrected chi connectivity index (χ3v) is 3.80. The zero-order valence-electron chi connectivity index (χ0n) is 11.5. The summed E-state index contributed by atoms with van der Waals surface area (Å²) in [7, 11) is 0. The Morgan fingerprint density at radius 2 is 2.40 bits per heavy atom. The molecule has 1 N–H and O–H groups in total. The van der Waals surface area contributed by atoms with Crippen LogP contribution < -0.4 is 0 Å². The van der Waals surface area contributed by atoms with Crippen molar-refractivity contribution in [1.29, 1.82) is 0 Å². The number of carbonyl (C=O) groups is 1. The molecule has 2 aromatic rings. The van der Waals surface area contributed by atoms with Gasteiger partial charge in [0, 0.05) is 13.0 Å². The molecule has 1 aliphatic heterocycles. The Kier molecular flexibility index (Phi) is 3.44. The SMILES string of the molecule is CCc1nc2cccc(C(=O)O)c2n1CC1CCCO1. The van der Waals surface area contributed by atoms with Gasteiger partial charge in [-0.1, -0.05) is 13.0 Å². The molecule has 5 nitrogen and oxygen atoms in total. The van der Waals surface area contributed by atoms with E-state index in [1.165, 1.54) is 0 Å². The van der Waals surface area contributed by atoms with Gasteiger partial charge in [0.25, 0.3) is 0 Å². The van der Waals surface area contributed by atoms with Crippen LogP contribution in [-0.4, -0.2) is 33.3 Å². The minimum atomic E-state index is -0.910. The summed E-state index contributed by atoms with van der Waals surface area (Å²) in [6, 6.07) is 5.25. The van der Waals surface area contributed by atoms with Crippen LogP contribution in [0.3, 0.4) is 0 Å². The van der Waals surface area contributed by atoms with E-state index >= 15 is 0 Å². The van der Waals surface area contributed by atoms with Crippen molar-refractivity contribution in [3.8, 4) is 0 Å². The fraction of sp³-hybridized carbons (Fsp3) is 0.467. The number of rotatable bonds is 4. The van der Waals surface area contributed by atoms with Crippen LogP contribution in [-0.2, 0) is 17.7 Å². The van der Waals surface area contributed by atoms with Crippen LogP contribution in [0.15, 0.2) is 18.2 Å². The highest BCUT2D eigenvalue weighted by atomic mass is 16.5. The number of imidazole rings is 1. The van der Waals surface area contributed by atoms with Crippen molar-refractivity contribution in [3.05, 3.63) is 29.6 Å². The highest BCUT2D eigenvalue weighted by Crippen LogP contribution is 2.24. The number of hydrogen-bond acceptors (Lipinski definition) is 3. The van der Waals surface area contributed by atoms with Gasteiger partial charge >= 0.3 is 5.97 Å². The van der Waals surface area contributed by atoms with Crippen molar-refractivity contribution < 1.29 is 14.6 Å². The minimum absolute atomic E-state index is 0.166. The molecule has 0 radical (unpaired) electrons. The average molecular weight is 274 g/mol. The second-order valence-corrected chi connectivity index (χ2v) is 5.11. The number of nitrogens with zero attached hydrogens (tertiary/aromatic N) is 2. The van der Waals surface area contributed by atoms with Gasteiger partial charge in [-0.3, -0.25) is 0 Å². The summed E-state index contributed by atoms with van der Waals surface area (Å²) in [4.78, 5) is 16.0. The highest BCUT2D eigenvalue weighted by Gasteiger charge is 2.22. The predicted molar refractivity (Wildman–Crippen MR) is 75.0 cm³/mol. The van der Waals surface area contributed by atoms with E-state index in [9.17, 15) is 9.90 Å². The topological polar surface area (TPSA) is 64.3 Å². The second kappa shape index (κ2) is 5.25. The van der Waals surface area contributed by atoms with E-state index in [0.29, 0.717) is 17.6 Å². The largest absolute Gasteiger partial charge is 0.478 e. The maximum atomic E-state index is 11.4. The maximum absolute atomic E-state index is 11.4. The molecule has 1 aromatic heterocycles. The molecule has 1 atom stereocenters. The van der Waals surface area contributed by atoms with Crippen LogP contribution in [0, 0.1) is 0 Å². The van der Waals surface area contributed by atoms with Crippen molar-refractivity contribution in [1.82, 2.24) is 9.55 Å². The first-order valence-corrected chi connectivity index (χ1v) is 7.03. The number of carboxylic acid groups (broad SMARTS) is 1. The van der Waals surface area contributed by atoms with Gasteiger partial charge in [-0.15, -0.1) is 0 Å². The van der Waals surface area contributed by atoms with Crippen LogP contribution in [0.5, 0.6) is 0 Å².